The minimum atomic E-state index is -3.20. The highest BCUT2D eigenvalue weighted by atomic mass is 35.5. The molecule has 1 aromatic heterocycles. The number of pyridine rings is 1. The van der Waals surface area contributed by atoms with Crippen molar-refractivity contribution >= 4 is 28.1 Å². The molecule has 0 saturated heterocycles. The maximum absolute atomic E-state index is 9.44. The molecular formula is C6H10ClNO5P2. The predicted octanol–water partition coefficient (Wildman–Crippen LogP) is 1.59. The molecule has 9 heteroatoms. The normalized spacial score (nSPS) is 13.5. The van der Waals surface area contributed by atoms with Gasteiger partial charge in [-0.25, -0.2) is 4.31 Å². The quantitative estimate of drug-likeness (QED) is 0.641. The van der Waals surface area contributed by atoms with Crippen LogP contribution in [0.4, 0.5) is 0 Å². The third-order valence-electron chi connectivity index (χ3n) is 1.04. The van der Waals surface area contributed by atoms with Crippen molar-refractivity contribution in [2.45, 2.75) is 5.88 Å². The van der Waals surface area contributed by atoms with Crippen LogP contribution in [0.3, 0.4) is 0 Å². The van der Waals surface area contributed by atoms with Crippen molar-refractivity contribution in [2.24, 2.45) is 0 Å². The zero-order valence-corrected chi connectivity index (χ0v) is 10.2. The van der Waals surface area contributed by atoms with E-state index in [4.69, 9.17) is 21.4 Å². The maximum Gasteiger partial charge on any atom is 0.323 e. The predicted molar refractivity (Wildman–Crippen MR) is 57.3 cm³/mol. The highest BCUT2D eigenvalue weighted by Crippen LogP contribution is 2.30. The number of halogens is 1. The van der Waals surface area contributed by atoms with E-state index in [9.17, 15) is 9.13 Å². The van der Waals surface area contributed by atoms with E-state index < -0.39 is 16.5 Å². The molecule has 0 fully saturated rings. The molecule has 2 unspecified atom stereocenters. The molecule has 0 radical (unpaired) electrons. The second-order valence-electron chi connectivity index (χ2n) is 2.09. The molecule has 1 aromatic rings. The molecule has 0 saturated carbocycles. The molecule has 0 aromatic carbocycles. The fraction of sp³-hybridized carbons (Fsp3) is 0.167. The largest absolute Gasteiger partial charge is 0.326 e. The molecule has 0 aliphatic rings. The van der Waals surface area contributed by atoms with Gasteiger partial charge in [0.1, 0.15) is 0 Å². The average Bonchev–Trinajstić information content (AvgIpc) is 2.18. The Bertz CT molecular complexity index is 311. The number of alkyl halides is 1. The maximum atomic E-state index is 9.44. The van der Waals surface area contributed by atoms with Gasteiger partial charge in [-0.3, -0.25) is 14.1 Å². The molecule has 0 spiro atoms. The number of rotatable bonds is 3. The van der Waals surface area contributed by atoms with Gasteiger partial charge in [0.05, 0.1) is 11.6 Å². The Morgan fingerprint density at radius 1 is 1.33 bits per heavy atom. The van der Waals surface area contributed by atoms with Crippen molar-refractivity contribution in [3.8, 4) is 0 Å². The lowest BCUT2D eigenvalue weighted by Gasteiger charge is -1.87. The lowest BCUT2D eigenvalue weighted by atomic mass is 10.4. The molecule has 0 aliphatic heterocycles. The minimum Gasteiger partial charge on any atom is -0.326 e. The molecule has 0 aliphatic carbocycles. The monoisotopic (exact) mass is 273 g/mol. The summed E-state index contributed by atoms with van der Waals surface area (Å²) in [6, 6.07) is 5.69. The molecule has 0 amide bonds. The molecule has 2 N–H and O–H groups in total. The van der Waals surface area contributed by atoms with Gasteiger partial charge in [-0.1, -0.05) is 6.07 Å². The number of aromatic nitrogens is 1. The molecule has 6 nitrogen and oxygen atoms in total. The van der Waals surface area contributed by atoms with Crippen molar-refractivity contribution in [2.75, 3.05) is 0 Å². The standard InChI is InChI=1S/C6H6ClN.H4O5P2/c7-5-6-3-1-2-4-8-6;1-6(2)5-7(3)4/h1-4H,5H2;6-7H,(H,1,2)(H,3,4). The van der Waals surface area contributed by atoms with E-state index in [1.54, 1.807) is 6.20 Å². The Hall–Kier alpha value is -0.220. The van der Waals surface area contributed by atoms with Crippen LogP contribution in [0.2, 0.25) is 0 Å². The summed E-state index contributed by atoms with van der Waals surface area (Å²) in [5.74, 6) is 0.501. The molecule has 1 rings (SSSR count). The summed E-state index contributed by atoms with van der Waals surface area (Å²) in [6.45, 7) is 0. The Balaban J connectivity index is 0.000000265. The van der Waals surface area contributed by atoms with E-state index in [1.165, 1.54) is 0 Å². The van der Waals surface area contributed by atoms with Gasteiger partial charge in [-0.15, -0.1) is 11.6 Å². The van der Waals surface area contributed by atoms with Crippen LogP contribution in [0, 0.1) is 0 Å². The van der Waals surface area contributed by atoms with E-state index in [1.807, 2.05) is 18.2 Å². The first-order valence-corrected chi connectivity index (χ1v) is 6.72. The number of nitrogens with zero attached hydrogens (tertiary/aromatic N) is 1. The zero-order chi connectivity index (χ0) is 11.7. The van der Waals surface area contributed by atoms with Crippen molar-refractivity contribution in [1.82, 2.24) is 4.98 Å². The summed E-state index contributed by atoms with van der Waals surface area (Å²) in [7, 11) is -6.40. The Morgan fingerprint density at radius 3 is 2.13 bits per heavy atom. The summed E-state index contributed by atoms with van der Waals surface area (Å²) < 4.78 is 22.3. The van der Waals surface area contributed by atoms with Crippen LogP contribution < -0.4 is 0 Å². The van der Waals surface area contributed by atoms with Gasteiger partial charge in [-0.2, -0.15) is 0 Å². The fourth-order valence-electron chi connectivity index (χ4n) is 0.552. The van der Waals surface area contributed by atoms with Gasteiger partial charge in [0.25, 0.3) is 0 Å². The summed E-state index contributed by atoms with van der Waals surface area (Å²) in [6.07, 6.45) is 1.73. The smallest absolute Gasteiger partial charge is 0.323 e. The molecule has 15 heavy (non-hydrogen) atoms. The van der Waals surface area contributed by atoms with Gasteiger partial charge >= 0.3 is 16.5 Å². The van der Waals surface area contributed by atoms with Gasteiger partial charge in [0, 0.05) is 6.20 Å². The van der Waals surface area contributed by atoms with Gasteiger partial charge < -0.3 is 9.79 Å². The average molecular weight is 274 g/mol. The first-order valence-electron chi connectivity index (χ1n) is 3.66. The van der Waals surface area contributed by atoms with Crippen molar-refractivity contribution < 1.29 is 23.2 Å². The van der Waals surface area contributed by atoms with Crippen LogP contribution in [-0.2, 0) is 19.3 Å². The molecule has 2 atom stereocenters. The Kier molecular flexibility index (Phi) is 8.91. The third kappa shape index (κ3) is 10.1. The van der Waals surface area contributed by atoms with E-state index in [0.29, 0.717) is 5.88 Å². The van der Waals surface area contributed by atoms with Gasteiger partial charge in [0.15, 0.2) is 0 Å². The lowest BCUT2D eigenvalue weighted by Crippen LogP contribution is -1.79. The molecule has 0 bridgehead atoms. The van der Waals surface area contributed by atoms with Gasteiger partial charge in [-0.05, 0) is 12.1 Å². The van der Waals surface area contributed by atoms with Crippen molar-refractivity contribution in [3.05, 3.63) is 30.1 Å². The lowest BCUT2D eigenvalue weighted by molar-refractivity contribution is 0.371. The van der Waals surface area contributed by atoms with E-state index in [2.05, 4.69) is 9.29 Å². The fourth-order valence-corrected chi connectivity index (χ4v) is 1.31. The van der Waals surface area contributed by atoms with E-state index in [0.717, 1.165) is 5.69 Å². The first kappa shape index (κ1) is 14.8. The van der Waals surface area contributed by atoms with Crippen LogP contribution in [0.5, 0.6) is 0 Å². The third-order valence-corrected chi connectivity index (χ3v) is 2.71. The van der Waals surface area contributed by atoms with Crippen LogP contribution in [-0.4, -0.2) is 14.8 Å². The van der Waals surface area contributed by atoms with Crippen LogP contribution in [0.25, 0.3) is 0 Å². The SMILES string of the molecule is ClCc1ccccn1.O=[PH](O)O[PH](=O)O. The second kappa shape index (κ2) is 9.04. The van der Waals surface area contributed by atoms with E-state index >= 15 is 0 Å². The van der Waals surface area contributed by atoms with E-state index in [-0.39, 0.29) is 0 Å². The first-order chi connectivity index (χ1) is 7.06. The highest BCUT2D eigenvalue weighted by Gasteiger charge is 1.93. The summed E-state index contributed by atoms with van der Waals surface area (Å²) in [5.41, 5.74) is 0.925. The molecule has 1 heterocycles. The topological polar surface area (TPSA) is 96.7 Å². The number of hydrogen-bond acceptors (Lipinski definition) is 4. The Morgan fingerprint density at radius 2 is 1.93 bits per heavy atom. The summed E-state index contributed by atoms with van der Waals surface area (Å²) in [4.78, 5) is 19.4. The zero-order valence-electron chi connectivity index (χ0n) is 7.46. The van der Waals surface area contributed by atoms with Crippen LogP contribution in [0.15, 0.2) is 24.4 Å². The van der Waals surface area contributed by atoms with Crippen molar-refractivity contribution in [3.63, 3.8) is 0 Å². The summed E-state index contributed by atoms with van der Waals surface area (Å²) in [5, 5.41) is 0. The summed E-state index contributed by atoms with van der Waals surface area (Å²) >= 11 is 5.46. The van der Waals surface area contributed by atoms with Crippen LogP contribution >= 0.6 is 28.1 Å². The molecule has 86 valence electrons. The number of hydrogen-bond donors (Lipinski definition) is 2. The Labute approximate surface area is 92.8 Å². The van der Waals surface area contributed by atoms with Gasteiger partial charge in [0.2, 0.25) is 0 Å². The second-order valence-corrected chi connectivity index (χ2v) is 4.24. The minimum absolute atomic E-state index is 0.501. The van der Waals surface area contributed by atoms with Crippen LogP contribution in [0.1, 0.15) is 5.69 Å². The highest BCUT2D eigenvalue weighted by molar-refractivity contribution is 7.46. The van der Waals surface area contributed by atoms with Crippen molar-refractivity contribution in [1.29, 1.82) is 0 Å². The molecular weight excluding hydrogens is 263 g/mol.